The van der Waals surface area contributed by atoms with Gasteiger partial charge in [0.15, 0.2) is 0 Å². The molecule has 0 aliphatic carbocycles. The molecule has 5 rings (SSSR count). The maximum Gasteiger partial charge on any atom is 0.255 e. The van der Waals surface area contributed by atoms with Gasteiger partial charge in [0.05, 0.1) is 42.1 Å². The summed E-state index contributed by atoms with van der Waals surface area (Å²) in [5.74, 6) is -0.165. The van der Waals surface area contributed by atoms with Gasteiger partial charge in [-0.2, -0.15) is 0 Å². The van der Waals surface area contributed by atoms with E-state index in [0.717, 1.165) is 39.1 Å². The number of amides is 1. The van der Waals surface area contributed by atoms with Crippen molar-refractivity contribution in [2.75, 3.05) is 5.32 Å². The molecule has 1 aliphatic heterocycles. The van der Waals surface area contributed by atoms with Crippen molar-refractivity contribution in [2.24, 2.45) is 12.0 Å². The number of furan rings is 1. The number of aromatic nitrogens is 2. The third-order valence-corrected chi connectivity index (χ3v) is 4.81. The number of nitrogens with one attached hydrogen (secondary N) is 1. The molecule has 4 aromatic rings. The predicted molar refractivity (Wildman–Crippen MR) is 103 cm³/mol. The molecule has 0 fully saturated rings. The lowest BCUT2D eigenvalue weighted by Gasteiger charge is -2.09. The molecule has 3 heterocycles. The second-order valence-corrected chi connectivity index (χ2v) is 6.56. The Morgan fingerprint density at radius 2 is 2.11 bits per heavy atom. The SMILES string of the molecule is Cn1cnc2cc(C(=O)Nc3ccc4c(c3)C(c3ccoc3)=NC4)ccc21. The maximum absolute atomic E-state index is 12.7. The molecule has 1 aliphatic rings. The maximum atomic E-state index is 12.7. The Kier molecular flexibility index (Phi) is 3.43. The largest absolute Gasteiger partial charge is 0.472 e. The Bertz CT molecular complexity index is 1200. The molecule has 1 N–H and O–H groups in total. The smallest absolute Gasteiger partial charge is 0.255 e. The van der Waals surface area contributed by atoms with Gasteiger partial charge in [-0.1, -0.05) is 6.07 Å². The van der Waals surface area contributed by atoms with Gasteiger partial charge < -0.3 is 14.3 Å². The van der Waals surface area contributed by atoms with Crippen molar-refractivity contribution in [3.05, 3.63) is 83.6 Å². The fourth-order valence-corrected chi connectivity index (χ4v) is 3.39. The predicted octanol–water partition coefficient (Wildman–Crippen LogP) is 3.77. The number of hydrogen-bond donors (Lipinski definition) is 1. The lowest BCUT2D eigenvalue weighted by molar-refractivity contribution is 0.102. The van der Waals surface area contributed by atoms with Crippen molar-refractivity contribution in [3.63, 3.8) is 0 Å². The van der Waals surface area contributed by atoms with Crippen LogP contribution in [0.15, 0.2) is 70.7 Å². The van der Waals surface area contributed by atoms with Crippen LogP contribution in [0, 0.1) is 0 Å². The highest BCUT2D eigenvalue weighted by Crippen LogP contribution is 2.26. The van der Waals surface area contributed by atoms with Crippen molar-refractivity contribution in [1.29, 1.82) is 0 Å². The van der Waals surface area contributed by atoms with Crippen LogP contribution in [-0.4, -0.2) is 21.2 Å². The number of fused-ring (bicyclic) bond motifs is 2. The van der Waals surface area contributed by atoms with Crippen LogP contribution in [0.25, 0.3) is 11.0 Å². The van der Waals surface area contributed by atoms with Gasteiger partial charge in [0, 0.05) is 29.4 Å². The van der Waals surface area contributed by atoms with E-state index < -0.39 is 0 Å². The molecule has 1 amide bonds. The fourth-order valence-electron chi connectivity index (χ4n) is 3.39. The van der Waals surface area contributed by atoms with E-state index in [-0.39, 0.29) is 5.91 Å². The van der Waals surface area contributed by atoms with Crippen LogP contribution in [-0.2, 0) is 13.6 Å². The van der Waals surface area contributed by atoms with E-state index in [9.17, 15) is 4.79 Å². The number of nitrogens with zero attached hydrogens (tertiary/aromatic N) is 3. The van der Waals surface area contributed by atoms with Crippen molar-refractivity contribution < 1.29 is 9.21 Å². The summed E-state index contributed by atoms with van der Waals surface area (Å²) in [5.41, 5.74) is 7.10. The third-order valence-electron chi connectivity index (χ3n) is 4.81. The second-order valence-electron chi connectivity index (χ2n) is 6.56. The summed E-state index contributed by atoms with van der Waals surface area (Å²) in [6.45, 7) is 0.639. The number of anilines is 1. The molecule has 0 saturated heterocycles. The lowest BCUT2D eigenvalue weighted by Crippen LogP contribution is -2.12. The van der Waals surface area contributed by atoms with Gasteiger partial charge in [-0.3, -0.25) is 9.79 Å². The van der Waals surface area contributed by atoms with Gasteiger partial charge in [0.2, 0.25) is 0 Å². The molecule has 0 atom stereocenters. The summed E-state index contributed by atoms with van der Waals surface area (Å²) in [7, 11) is 1.93. The van der Waals surface area contributed by atoms with E-state index in [1.54, 1.807) is 24.9 Å². The first kappa shape index (κ1) is 15.6. The number of benzene rings is 2. The van der Waals surface area contributed by atoms with E-state index >= 15 is 0 Å². The topological polar surface area (TPSA) is 72.4 Å². The molecule has 2 aromatic heterocycles. The van der Waals surface area contributed by atoms with Crippen LogP contribution < -0.4 is 5.32 Å². The first-order valence-corrected chi connectivity index (χ1v) is 8.62. The Morgan fingerprint density at radius 1 is 1.19 bits per heavy atom. The molecule has 0 saturated carbocycles. The average molecular weight is 356 g/mol. The van der Waals surface area contributed by atoms with Gasteiger partial charge in [-0.05, 0) is 42.0 Å². The van der Waals surface area contributed by atoms with Crippen LogP contribution in [0.2, 0.25) is 0 Å². The molecule has 132 valence electrons. The van der Waals surface area contributed by atoms with Crippen molar-refractivity contribution in [1.82, 2.24) is 9.55 Å². The van der Waals surface area contributed by atoms with Crippen molar-refractivity contribution in [2.45, 2.75) is 6.54 Å². The summed E-state index contributed by atoms with van der Waals surface area (Å²) < 4.78 is 7.10. The van der Waals surface area contributed by atoms with Crippen LogP contribution in [0.3, 0.4) is 0 Å². The lowest BCUT2D eigenvalue weighted by atomic mass is 10.0. The molecule has 2 aromatic carbocycles. The summed E-state index contributed by atoms with van der Waals surface area (Å²) >= 11 is 0. The Labute approximate surface area is 155 Å². The number of imidazole rings is 1. The van der Waals surface area contributed by atoms with Gasteiger partial charge in [-0.25, -0.2) is 4.98 Å². The van der Waals surface area contributed by atoms with Crippen LogP contribution in [0.4, 0.5) is 5.69 Å². The zero-order valence-electron chi connectivity index (χ0n) is 14.6. The van der Waals surface area contributed by atoms with Gasteiger partial charge in [0.25, 0.3) is 5.91 Å². The van der Waals surface area contributed by atoms with E-state index in [2.05, 4.69) is 15.3 Å². The van der Waals surface area contributed by atoms with E-state index in [0.29, 0.717) is 12.1 Å². The fraction of sp³-hybridized carbons (Fsp3) is 0.0952. The van der Waals surface area contributed by atoms with E-state index in [4.69, 9.17) is 4.42 Å². The van der Waals surface area contributed by atoms with Crippen LogP contribution >= 0.6 is 0 Å². The zero-order chi connectivity index (χ0) is 18.4. The van der Waals surface area contributed by atoms with E-state index in [1.807, 2.05) is 48.0 Å². The van der Waals surface area contributed by atoms with Gasteiger partial charge >= 0.3 is 0 Å². The normalized spacial score (nSPS) is 12.9. The number of rotatable bonds is 3. The van der Waals surface area contributed by atoms with Crippen molar-refractivity contribution in [3.8, 4) is 0 Å². The Hall–Kier alpha value is -3.67. The minimum absolute atomic E-state index is 0.165. The van der Waals surface area contributed by atoms with Gasteiger partial charge in [-0.15, -0.1) is 0 Å². The second kappa shape index (κ2) is 5.95. The summed E-state index contributed by atoms with van der Waals surface area (Å²) in [6, 6.07) is 13.3. The number of aliphatic imine (C=N–C) groups is 1. The molecular formula is C21H16N4O2. The zero-order valence-corrected chi connectivity index (χ0v) is 14.6. The summed E-state index contributed by atoms with van der Waals surface area (Å²) in [4.78, 5) is 21.6. The summed E-state index contributed by atoms with van der Waals surface area (Å²) in [6.07, 6.45) is 5.06. The monoisotopic (exact) mass is 356 g/mol. The Morgan fingerprint density at radius 3 is 2.96 bits per heavy atom. The highest BCUT2D eigenvalue weighted by atomic mass is 16.3. The molecule has 27 heavy (non-hydrogen) atoms. The first-order chi connectivity index (χ1) is 13.2. The first-order valence-electron chi connectivity index (χ1n) is 8.62. The third kappa shape index (κ3) is 2.62. The quantitative estimate of drug-likeness (QED) is 0.607. The Balaban J connectivity index is 1.43. The molecule has 0 spiro atoms. The number of aryl methyl sites for hydroxylation is 1. The van der Waals surface area contributed by atoms with Gasteiger partial charge in [0.1, 0.15) is 0 Å². The highest BCUT2D eigenvalue weighted by molar-refractivity contribution is 6.16. The average Bonchev–Trinajstić information content (AvgIpc) is 3.41. The minimum atomic E-state index is -0.165. The van der Waals surface area contributed by atoms with Crippen molar-refractivity contribution >= 4 is 28.3 Å². The number of carbonyl (C=O) groups excluding carboxylic acids is 1. The molecule has 6 nitrogen and oxygen atoms in total. The summed E-state index contributed by atoms with van der Waals surface area (Å²) in [5, 5.41) is 2.97. The molecule has 6 heteroatoms. The minimum Gasteiger partial charge on any atom is -0.472 e. The molecule has 0 unspecified atom stereocenters. The molecular weight excluding hydrogens is 340 g/mol. The van der Waals surface area contributed by atoms with E-state index in [1.165, 1.54) is 0 Å². The van der Waals surface area contributed by atoms with Crippen LogP contribution in [0.5, 0.6) is 0 Å². The number of hydrogen-bond acceptors (Lipinski definition) is 4. The number of carbonyl (C=O) groups is 1. The van der Waals surface area contributed by atoms with Crippen LogP contribution in [0.1, 0.15) is 27.0 Å². The standard InChI is InChI=1S/C21H16N4O2/c1-25-12-23-18-8-13(3-5-19(18)25)21(26)24-16-4-2-14-10-22-20(17(14)9-16)15-6-7-27-11-15/h2-9,11-12H,10H2,1H3,(H,24,26). The molecule has 0 radical (unpaired) electrons. The highest BCUT2D eigenvalue weighted by Gasteiger charge is 2.19. The molecule has 0 bridgehead atoms.